The third-order valence-electron chi connectivity index (χ3n) is 4.60. The Morgan fingerprint density at radius 1 is 1.11 bits per heavy atom. The number of hydrogen-bond donors (Lipinski definition) is 2. The highest BCUT2D eigenvalue weighted by molar-refractivity contribution is 4.87. The highest BCUT2D eigenvalue weighted by Crippen LogP contribution is 2.32. The van der Waals surface area contributed by atoms with Gasteiger partial charge in [-0.15, -0.1) is 0 Å². The molecule has 1 unspecified atom stereocenters. The van der Waals surface area contributed by atoms with Crippen LogP contribution in [-0.2, 0) is 4.74 Å². The second kappa shape index (κ2) is 5.87. The van der Waals surface area contributed by atoms with Gasteiger partial charge in [-0.3, -0.25) is 0 Å². The topological polar surface area (TPSA) is 52.9 Å². The summed E-state index contributed by atoms with van der Waals surface area (Å²) in [5.41, 5.74) is -0.481. The lowest BCUT2D eigenvalue weighted by Gasteiger charge is -2.39. The quantitative estimate of drug-likeness (QED) is 0.792. The first-order valence-corrected chi connectivity index (χ1v) is 7.19. The van der Waals surface area contributed by atoms with E-state index in [1.807, 2.05) is 6.92 Å². The molecule has 2 aliphatic rings. The molecule has 2 saturated heterocycles. The predicted molar refractivity (Wildman–Crippen MR) is 70.5 cm³/mol. The van der Waals surface area contributed by atoms with Crippen LogP contribution in [-0.4, -0.2) is 60.2 Å². The Bertz CT molecular complexity index is 262. The third kappa shape index (κ3) is 3.67. The van der Waals surface area contributed by atoms with E-state index < -0.39 is 5.60 Å². The van der Waals surface area contributed by atoms with E-state index in [1.165, 1.54) is 0 Å². The van der Waals surface area contributed by atoms with Crippen LogP contribution in [0.4, 0.5) is 0 Å². The van der Waals surface area contributed by atoms with Crippen molar-refractivity contribution in [3.05, 3.63) is 0 Å². The van der Waals surface area contributed by atoms with Crippen LogP contribution in [0.25, 0.3) is 0 Å². The number of ether oxygens (including phenoxy) is 1. The Labute approximate surface area is 110 Å². The van der Waals surface area contributed by atoms with E-state index in [-0.39, 0.29) is 12.0 Å². The summed E-state index contributed by atoms with van der Waals surface area (Å²) in [4.78, 5) is 2.42. The van der Waals surface area contributed by atoms with Crippen LogP contribution in [0, 0.1) is 5.41 Å². The Balaban J connectivity index is 1.91. The van der Waals surface area contributed by atoms with Gasteiger partial charge in [0.1, 0.15) is 0 Å². The van der Waals surface area contributed by atoms with Crippen molar-refractivity contribution in [2.24, 2.45) is 5.41 Å². The van der Waals surface area contributed by atoms with Gasteiger partial charge in [-0.05, 0) is 45.6 Å². The minimum Gasteiger partial charge on any atom is -0.396 e. The third-order valence-corrected chi connectivity index (χ3v) is 4.60. The van der Waals surface area contributed by atoms with Gasteiger partial charge in [0.05, 0.1) is 12.2 Å². The second-order valence-electron chi connectivity index (χ2n) is 6.40. The lowest BCUT2D eigenvalue weighted by Crippen LogP contribution is -2.44. The molecular weight excluding hydrogens is 230 g/mol. The van der Waals surface area contributed by atoms with Crippen molar-refractivity contribution in [1.82, 2.24) is 4.90 Å². The van der Waals surface area contributed by atoms with Crippen LogP contribution in [0.1, 0.15) is 39.0 Å². The molecule has 2 heterocycles. The summed E-state index contributed by atoms with van der Waals surface area (Å²) in [5, 5.41) is 19.8. The number of nitrogens with zero attached hydrogens (tertiary/aromatic N) is 1. The molecule has 4 heteroatoms. The van der Waals surface area contributed by atoms with Gasteiger partial charge in [0.2, 0.25) is 0 Å². The van der Waals surface area contributed by atoms with Gasteiger partial charge >= 0.3 is 0 Å². The first-order valence-electron chi connectivity index (χ1n) is 7.19. The monoisotopic (exact) mass is 257 g/mol. The molecule has 18 heavy (non-hydrogen) atoms. The molecule has 0 bridgehead atoms. The summed E-state index contributed by atoms with van der Waals surface area (Å²) in [7, 11) is 0. The summed E-state index contributed by atoms with van der Waals surface area (Å²) in [6.07, 6.45) is 4.68. The molecule has 0 aromatic rings. The number of hydrogen-bond acceptors (Lipinski definition) is 4. The van der Waals surface area contributed by atoms with E-state index in [0.717, 1.165) is 65.0 Å². The number of aliphatic hydroxyl groups excluding tert-OH is 1. The molecule has 2 N–H and O–H groups in total. The highest BCUT2D eigenvalue weighted by atomic mass is 16.5. The van der Waals surface area contributed by atoms with Gasteiger partial charge in [-0.2, -0.15) is 0 Å². The lowest BCUT2D eigenvalue weighted by molar-refractivity contribution is -0.0350. The Hall–Kier alpha value is -0.160. The molecule has 0 aromatic heterocycles. The van der Waals surface area contributed by atoms with Gasteiger partial charge in [-0.25, -0.2) is 0 Å². The van der Waals surface area contributed by atoms with Crippen molar-refractivity contribution in [3.8, 4) is 0 Å². The van der Waals surface area contributed by atoms with E-state index in [1.54, 1.807) is 0 Å². The van der Waals surface area contributed by atoms with Crippen LogP contribution in [0.5, 0.6) is 0 Å². The zero-order valence-corrected chi connectivity index (χ0v) is 11.5. The minimum atomic E-state index is -0.503. The maximum atomic E-state index is 10.1. The van der Waals surface area contributed by atoms with Crippen molar-refractivity contribution in [3.63, 3.8) is 0 Å². The first kappa shape index (κ1) is 14.3. The summed E-state index contributed by atoms with van der Waals surface area (Å²) < 4.78 is 5.40. The molecule has 0 amide bonds. The Morgan fingerprint density at radius 3 is 2.50 bits per heavy atom. The standard InChI is InChI=1S/C14H27NO3/c1-13(17)3-2-7-15(8-4-13)11-14(12-16)5-9-18-10-6-14/h16-17H,2-12H2,1H3. The van der Waals surface area contributed by atoms with Gasteiger partial charge in [0.25, 0.3) is 0 Å². The highest BCUT2D eigenvalue weighted by Gasteiger charge is 2.35. The van der Waals surface area contributed by atoms with Gasteiger partial charge in [0, 0.05) is 31.7 Å². The zero-order chi connectivity index (χ0) is 13.1. The fraction of sp³-hybridized carbons (Fsp3) is 1.00. The van der Waals surface area contributed by atoms with Crippen LogP contribution < -0.4 is 0 Å². The van der Waals surface area contributed by atoms with E-state index in [4.69, 9.17) is 4.74 Å². The van der Waals surface area contributed by atoms with E-state index in [0.29, 0.717) is 0 Å². The minimum absolute atomic E-state index is 0.0223. The fourth-order valence-corrected chi connectivity index (χ4v) is 3.12. The number of aliphatic hydroxyl groups is 2. The molecule has 0 radical (unpaired) electrons. The summed E-state index contributed by atoms with van der Waals surface area (Å²) >= 11 is 0. The van der Waals surface area contributed by atoms with Crippen LogP contribution in [0.2, 0.25) is 0 Å². The van der Waals surface area contributed by atoms with Crippen LogP contribution in [0.3, 0.4) is 0 Å². The summed E-state index contributed by atoms with van der Waals surface area (Å²) in [6.45, 7) is 6.66. The maximum absolute atomic E-state index is 10.1. The largest absolute Gasteiger partial charge is 0.396 e. The summed E-state index contributed by atoms with van der Waals surface area (Å²) in [5.74, 6) is 0. The molecule has 4 nitrogen and oxygen atoms in total. The van der Waals surface area contributed by atoms with E-state index in [2.05, 4.69) is 4.90 Å². The van der Waals surface area contributed by atoms with Crippen LogP contribution >= 0.6 is 0 Å². The van der Waals surface area contributed by atoms with Crippen molar-refractivity contribution < 1.29 is 14.9 Å². The van der Waals surface area contributed by atoms with Crippen molar-refractivity contribution in [2.45, 2.75) is 44.6 Å². The average molecular weight is 257 g/mol. The molecular formula is C14H27NO3. The summed E-state index contributed by atoms with van der Waals surface area (Å²) in [6, 6.07) is 0. The van der Waals surface area contributed by atoms with Gasteiger partial charge < -0.3 is 19.8 Å². The first-order chi connectivity index (χ1) is 8.55. The molecule has 1 atom stereocenters. The van der Waals surface area contributed by atoms with Crippen molar-refractivity contribution >= 4 is 0 Å². The van der Waals surface area contributed by atoms with Crippen molar-refractivity contribution in [1.29, 1.82) is 0 Å². The molecule has 0 saturated carbocycles. The normalized spacial score (nSPS) is 34.2. The predicted octanol–water partition coefficient (Wildman–Crippen LogP) is 1.01. The number of rotatable bonds is 3. The maximum Gasteiger partial charge on any atom is 0.0632 e. The smallest absolute Gasteiger partial charge is 0.0632 e. The Morgan fingerprint density at radius 2 is 1.83 bits per heavy atom. The molecule has 0 spiro atoms. The second-order valence-corrected chi connectivity index (χ2v) is 6.40. The van der Waals surface area contributed by atoms with Crippen LogP contribution in [0.15, 0.2) is 0 Å². The Kier molecular flexibility index (Phi) is 4.64. The fourth-order valence-electron chi connectivity index (χ4n) is 3.12. The van der Waals surface area contributed by atoms with Crippen molar-refractivity contribution in [2.75, 3.05) is 39.5 Å². The van der Waals surface area contributed by atoms with E-state index in [9.17, 15) is 10.2 Å². The van der Waals surface area contributed by atoms with Gasteiger partial charge in [0.15, 0.2) is 0 Å². The van der Waals surface area contributed by atoms with E-state index >= 15 is 0 Å². The average Bonchev–Trinajstić information content (AvgIpc) is 2.52. The molecule has 2 rings (SSSR count). The molecule has 2 aliphatic heterocycles. The SMILES string of the molecule is CC1(O)CCCN(CC2(CO)CCOCC2)CC1. The molecule has 106 valence electrons. The molecule has 0 aliphatic carbocycles. The molecule has 0 aromatic carbocycles. The lowest BCUT2D eigenvalue weighted by atomic mass is 9.80. The van der Waals surface area contributed by atoms with Gasteiger partial charge in [-0.1, -0.05) is 0 Å². The number of likely N-dealkylation sites (tertiary alicyclic amines) is 1. The molecule has 2 fully saturated rings. The zero-order valence-electron chi connectivity index (χ0n) is 11.5.